The molecule has 8 atom stereocenters. The van der Waals surface area contributed by atoms with Gasteiger partial charge in [0.1, 0.15) is 36.9 Å². The number of aliphatic hydroxyl groups excluding tert-OH is 2. The molecule has 330 valence electrons. The molecule has 0 spiro atoms. The highest BCUT2D eigenvalue weighted by atomic mass is 31.2. The van der Waals surface area contributed by atoms with Crippen molar-refractivity contribution in [2.45, 2.75) is 153 Å². The predicted octanol–water partition coefficient (Wildman–Crippen LogP) is 3.73. The van der Waals surface area contributed by atoms with Gasteiger partial charge in [0.15, 0.2) is 0 Å². The number of aliphatic hydroxyl groups is 2. The van der Waals surface area contributed by atoms with E-state index in [9.17, 15) is 48.3 Å². The van der Waals surface area contributed by atoms with Crippen LogP contribution in [0, 0.1) is 13.8 Å². The highest BCUT2D eigenvalue weighted by Gasteiger charge is 2.43. The summed E-state index contributed by atoms with van der Waals surface area (Å²) in [6.45, 7) is 2.12. The smallest absolute Gasteiger partial charge is 0.394 e. The summed E-state index contributed by atoms with van der Waals surface area (Å²) in [5.74, 6) is 0. The van der Waals surface area contributed by atoms with Gasteiger partial charge in [0.05, 0.1) is 26.4 Å². The molecule has 2 aromatic rings. The Morgan fingerprint density at radius 3 is 1.22 bits per heavy atom. The van der Waals surface area contributed by atoms with Crippen molar-refractivity contribution < 1.29 is 56.7 Å². The quantitative estimate of drug-likeness (QED) is 0.0551. The van der Waals surface area contributed by atoms with Gasteiger partial charge in [-0.1, -0.05) is 77.0 Å². The van der Waals surface area contributed by atoms with Crippen molar-refractivity contribution in [3.8, 4) is 0 Å². The Morgan fingerprint density at radius 2 is 0.914 bits per heavy atom. The number of nitrogens with zero attached hydrogens (tertiary/aromatic N) is 2. The van der Waals surface area contributed by atoms with Gasteiger partial charge in [0, 0.05) is 36.4 Å². The molecule has 0 aliphatic carbocycles. The number of hydrogen-bond donors (Lipinski definition) is 6. The SMILES string of the molecule is Cc1cn([C@H]2C[C@H](OP(=O)(O)OCCCCCCCCCCCCCCCCOP(=O)(O)O[C@H]3C[C@H](n4cc(C)c(=O)[nH]c4=O)O[C@@H]3CO)[C@@H](CO)O2)c(=O)[nH]c1=O. The molecule has 2 aromatic heterocycles. The van der Waals surface area contributed by atoms with Gasteiger partial charge in [-0.3, -0.25) is 46.8 Å². The third-order valence-corrected chi connectivity index (χ3v) is 12.3. The second-order valence-corrected chi connectivity index (χ2v) is 17.7. The molecule has 20 nitrogen and oxygen atoms in total. The zero-order valence-corrected chi connectivity index (χ0v) is 35.0. The minimum Gasteiger partial charge on any atom is -0.394 e. The van der Waals surface area contributed by atoms with Crippen molar-refractivity contribution in [2.24, 2.45) is 0 Å². The Labute approximate surface area is 336 Å². The molecule has 2 fully saturated rings. The number of aromatic amines is 2. The minimum absolute atomic E-state index is 0.000139. The van der Waals surface area contributed by atoms with Gasteiger partial charge in [-0.05, 0) is 26.7 Å². The summed E-state index contributed by atoms with van der Waals surface area (Å²) in [5.41, 5.74) is -1.88. The van der Waals surface area contributed by atoms with Crippen LogP contribution in [-0.4, -0.2) is 89.9 Å². The molecule has 2 aliphatic rings. The van der Waals surface area contributed by atoms with Crippen molar-refractivity contribution in [1.82, 2.24) is 19.1 Å². The van der Waals surface area contributed by atoms with Crippen LogP contribution in [0.5, 0.6) is 0 Å². The number of hydrogen-bond acceptors (Lipinski definition) is 14. The van der Waals surface area contributed by atoms with Gasteiger partial charge in [-0.15, -0.1) is 0 Å². The second-order valence-electron chi connectivity index (χ2n) is 14.9. The van der Waals surface area contributed by atoms with Gasteiger partial charge in [-0.25, -0.2) is 18.7 Å². The van der Waals surface area contributed by atoms with Crippen molar-refractivity contribution in [1.29, 1.82) is 0 Å². The van der Waals surface area contributed by atoms with Crippen molar-refractivity contribution in [3.63, 3.8) is 0 Å². The molecule has 0 aromatic carbocycles. The number of H-pyrrole nitrogens is 2. The van der Waals surface area contributed by atoms with E-state index < -0.39 is 88.2 Å². The van der Waals surface area contributed by atoms with E-state index in [2.05, 4.69) is 9.97 Å². The van der Waals surface area contributed by atoms with Gasteiger partial charge in [0.2, 0.25) is 0 Å². The lowest BCUT2D eigenvalue weighted by atomic mass is 10.0. The van der Waals surface area contributed by atoms with Gasteiger partial charge in [0.25, 0.3) is 11.1 Å². The minimum atomic E-state index is -4.45. The maximum atomic E-state index is 12.6. The van der Waals surface area contributed by atoms with E-state index in [-0.39, 0.29) is 37.2 Å². The fourth-order valence-electron chi connectivity index (χ4n) is 6.98. The third kappa shape index (κ3) is 15.2. The summed E-state index contributed by atoms with van der Waals surface area (Å²) < 4.78 is 59.6. The Hall–Kier alpha value is -2.58. The number of rotatable bonds is 27. The number of phosphoric ester groups is 2. The topological polar surface area (TPSA) is 280 Å². The molecular weight excluding hydrogens is 806 g/mol. The number of aromatic nitrogens is 4. The summed E-state index contributed by atoms with van der Waals surface area (Å²) in [5, 5.41) is 19.4. The molecule has 2 aliphatic heterocycles. The molecule has 0 saturated carbocycles. The monoisotopic (exact) mass is 866 g/mol. The van der Waals surface area contributed by atoms with E-state index in [1.807, 2.05) is 0 Å². The van der Waals surface area contributed by atoms with Crippen LogP contribution in [0.15, 0.2) is 31.6 Å². The molecule has 22 heteroatoms. The van der Waals surface area contributed by atoms with Crippen molar-refractivity contribution in [2.75, 3.05) is 26.4 Å². The van der Waals surface area contributed by atoms with Crippen LogP contribution >= 0.6 is 15.6 Å². The second kappa shape index (κ2) is 23.4. The van der Waals surface area contributed by atoms with Crippen molar-refractivity contribution in [3.05, 3.63) is 65.2 Å². The number of aryl methyl sites for hydroxylation is 2. The van der Waals surface area contributed by atoms with E-state index in [1.165, 1.54) is 26.2 Å². The average Bonchev–Trinajstić information content (AvgIpc) is 3.76. The van der Waals surface area contributed by atoms with Crippen LogP contribution in [0.2, 0.25) is 0 Å². The zero-order valence-electron chi connectivity index (χ0n) is 33.2. The highest BCUT2D eigenvalue weighted by Crippen LogP contribution is 2.49. The first-order valence-corrected chi connectivity index (χ1v) is 23.1. The molecule has 0 bridgehead atoms. The van der Waals surface area contributed by atoms with E-state index >= 15 is 0 Å². The average molecular weight is 867 g/mol. The van der Waals surface area contributed by atoms with Crippen molar-refractivity contribution >= 4 is 15.6 Å². The zero-order chi connectivity index (χ0) is 42.3. The summed E-state index contributed by atoms with van der Waals surface area (Å²) >= 11 is 0. The molecule has 0 amide bonds. The normalized spacial score (nSPS) is 24.2. The van der Waals surface area contributed by atoms with E-state index in [0.717, 1.165) is 86.2 Å². The Kier molecular flexibility index (Phi) is 19.4. The number of phosphoric acid groups is 2. The van der Waals surface area contributed by atoms with Crippen LogP contribution in [0.25, 0.3) is 0 Å². The summed E-state index contributed by atoms with van der Waals surface area (Å²) in [6, 6.07) is 0. The molecule has 4 rings (SSSR count). The molecule has 2 unspecified atom stereocenters. The molecule has 58 heavy (non-hydrogen) atoms. The number of ether oxygens (including phenoxy) is 2. The summed E-state index contributed by atoms with van der Waals surface area (Å²) in [7, 11) is -8.89. The molecule has 2 saturated heterocycles. The summed E-state index contributed by atoms with van der Waals surface area (Å²) in [6.07, 6.45) is 10.6. The van der Waals surface area contributed by atoms with E-state index in [0.29, 0.717) is 12.8 Å². The Balaban J connectivity index is 0.953. The third-order valence-electron chi connectivity index (χ3n) is 10.2. The Morgan fingerprint density at radius 1 is 0.603 bits per heavy atom. The summed E-state index contributed by atoms with van der Waals surface area (Å²) in [4.78, 5) is 72.6. The molecular formula is C36H60N4O16P2. The van der Waals surface area contributed by atoms with E-state index in [4.69, 9.17) is 27.6 Å². The Bertz CT molecular complexity index is 1780. The lowest BCUT2D eigenvalue weighted by molar-refractivity contribution is -0.0464. The first-order valence-electron chi connectivity index (χ1n) is 20.1. The standard InChI is InChI=1S/C36H60N4O16P2/c1-25-21-39(35(45)37-33(25)43)31-19-27(29(23-41)53-31)55-57(47,48)51-17-15-13-11-9-7-5-3-4-6-8-10-12-14-16-18-52-58(49,50)56-28-20-32(54-30(28)24-42)40-22-26(2)34(44)38-36(40)46/h21-22,27-32,41-42H,3-20,23-24H2,1-2H3,(H,47,48)(H,49,50)(H,37,43,45)(H,38,44,46)/t27-,28-,29+,30+,31+,32+/m0/s1. The van der Waals surface area contributed by atoms with Crippen LogP contribution in [0.1, 0.15) is 126 Å². The fourth-order valence-corrected chi connectivity index (χ4v) is 8.95. The highest BCUT2D eigenvalue weighted by molar-refractivity contribution is 7.47. The first-order chi connectivity index (χ1) is 27.6. The predicted molar refractivity (Wildman–Crippen MR) is 209 cm³/mol. The van der Waals surface area contributed by atoms with Crippen LogP contribution < -0.4 is 22.5 Å². The largest absolute Gasteiger partial charge is 0.472 e. The van der Waals surface area contributed by atoms with Gasteiger partial charge in [-0.2, -0.15) is 0 Å². The maximum absolute atomic E-state index is 12.6. The number of unbranched alkanes of at least 4 members (excludes halogenated alkanes) is 13. The molecule has 6 N–H and O–H groups in total. The fraction of sp³-hybridized carbons (Fsp3) is 0.778. The van der Waals surface area contributed by atoms with Gasteiger partial charge < -0.3 is 29.5 Å². The molecule has 4 heterocycles. The van der Waals surface area contributed by atoms with Crippen LogP contribution in [0.4, 0.5) is 0 Å². The van der Waals surface area contributed by atoms with E-state index in [1.54, 1.807) is 0 Å². The van der Waals surface area contributed by atoms with Crippen LogP contribution in [-0.2, 0) is 36.7 Å². The molecule has 0 radical (unpaired) electrons. The lowest BCUT2D eigenvalue weighted by Gasteiger charge is -2.19. The number of nitrogens with one attached hydrogen (secondary N) is 2. The van der Waals surface area contributed by atoms with Gasteiger partial charge >= 0.3 is 27.0 Å². The maximum Gasteiger partial charge on any atom is 0.472 e. The lowest BCUT2D eigenvalue weighted by Crippen LogP contribution is -2.33. The van der Waals surface area contributed by atoms with Crippen LogP contribution in [0.3, 0.4) is 0 Å². The first kappa shape index (κ1) is 48.1.